The van der Waals surface area contributed by atoms with Gasteiger partial charge in [-0.25, -0.2) is 13.8 Å². The fraction of sp³-hybridized carbons (Fsp3) is 0.444. The zero-order chi connectivity index (χ0) is 24.3. The fourth-order valence-corrected chi connectivity index (χ4v) is 7.82. The lowest BCUT2D eigenvalue weighted by Gasteiger charge is -2.57. The van der Waals surface area contributed by atoms with Crippen molar-refractivity contribution in [1.29, 1.82) is 0 Å². The number of carbonyl (C=O) groups excluding carboxylic acids is 1. The van der Waals surface area contributed by atoms with Crippen LogP contribution in [-0.2, 0) is 4.79 Å². The summed E-state index contributed by atoms with van der Waals surface area (Å²) < 4.78 is 29.5. The Labute approximate surface area is 206 Å². The second kappa shape index (κ2) is 8.43. The highest BCUT2D eigenvalue weighted by Crippen LogP contribution is 2.55. The second-order valence-corrected chi connectivity index (χ2v) is 11.9. The Hall–Kier alpha value is -2.74. The van der Waals surface area contributed by atoms with Crippen LogP contribution in [0.3, 0.4) is 0 Å². The fourth-order valence-electron chi connectivity index (χ4n) is 6.90. The Balaban J connectivity index is 1.33. The summed E-state index contributed by atoms with van der Waals surface area (Å²) in [5.41, 5.74) is -0.212. The van der Waals surface area contributed by atoms with Crippen molar-refractivity contribution < 1.29 is 13.6 Å². The van der Waals surface area contributed by atoms with Gasteiger partial charge in [-0.3, -0.25) is 14.2 Å². The zero-order valence-electron chi connectivity index (χ0n) is 19.5. The monoisotopic (exact) mass is 495 g/mol. The van der Waals surface area contributed by atoms with E-state index in [-0.39, 0.29) is 22.3 Å². The molecule has 0 saturated heterocycles. The van der Waals surface area contributed by atoms with E-state index in [1.54, 1.807) is 31.2 Å². The van der Waals surface area contributed by atoms with Gasteiger partial charge in [0.2, 0.25) is 5.91 Å². The van der Waals surface area contributed by atoms with Gasteiger partial charge in [-0.15, -0.1) is 0 Å². The summed E-state index contributed by atoms with van der Waals surface area (Å²) in [5, 5.41) is 3.35. The molecule has 1 unspecified atom stereocenters. The Morgan fingerprint density at radius 1 is 1.09 bits per heavy atom. The number of thioether (sulfide) groups is 1. The van der Waals surface area contributed by atoms with E-state index in [4.69, 9.17) is 0 Å². The molecule has 4 saturated carbocycles. The number of amides is 1. The minimum absolute atomic E-state index is 0.0918. The van der Waals surface area contributed by atoms with Gasteiger partial charge in [0, 0.05) is 11.6 Å². The molecule has 7 rings (SSSR count). The second-order valence-electron chi connectivity index (χ2n) is 10.6. The highest BCUT2D eigenvalue weighted by atomic mass is 32.2. The molecule has 0 aliphatic heterocycles. The number of aromatic nitrogens is 2. The molecule has 0 radical (unpaired) electrons. The lowest BCUT2D eigenvalue weighted by Crippen LogP contribution is -2.60. The number of nitrogens with zero attached hydrogens (tertiary/aromatic N) is 2. The van der Waals surface area contributed by atoms with Crippen LogP contribution in [0.15, 0.2) is 52.4 Å². The minimum Gasteiger partial charge on any atom is -0.350 e. The molecule has 1 aromatic heterocycles. The number of benzene rings is 2. The number of rotatable bonds is 5. The molecule has 4 fully saturated rings. The van der Waals surface area contributed by atoms with Crippen LogP contribution in [0.1, 0.15) is 45.4 Å². The van der Waals surface area contributed by atoms with Crippen molar-refractivity contribution in [3.8, 4) is 5.69 Å². The van der Waals surface area contributed by atoms with Crippen molar-refractivity contribution in [2.24, 2.45) is 17.8 Å². The Kier molecular flexibility index (Phi) is 5.47. The predicted molar refractivity (Wildman–Crippen MR) is 132 cm³/mol. The van der Waals surface area contributed by atoms with Crippen LogP contribution in [0.5, 0.6) is 0 Å². The van der Waals surface area contributed by atoms with Gasteiger partial charge in [0.05, 0.1) is 21.8 Å². The molecule has 1 heterocycles. The first-order valence-corrected chi connectivity index (χ1v) is 13.1. The predicted octanol–water partition coefficient (Wildman–Crippen LogP) is 5.23. The van der Waals surface area contributed by atoms with Crippen molar-refractivity contribution in [2.75, 3.05) is 0 Å². The van der Waals surface area contributed by atoms with Crippen molar-refractivity contribution in [2.45, 2.75) is 61.4 Å². The summed E-state index contributed by atoms with van der Waals surface area (Å²) >= 11 is 1.12. The van der Waals surface area contributed by atoms with Crippen LogP contribution in [-0.4, -0.2) is 26.2 Å². The molecule has 8 heteroatoms. The number of halogens is 2. The first-order valence-electron chi connectivity index (χ1n) is 12.3. The van der Waals surface area contributed by atoms with Crippen LogP contribution in [0.25, 0.3) is 16.6 Å². The zero-order valence-corrected chi connectivity index (χ0v) is 20.3. The standard InChI is InChI=1S/C27H27F2N3O2S/c1-15(24(33)31-27-12-16-8-17(13-27)10-18(9-16)14-27)35-26-30-22-5-3-2-4-20(22)25(34)32(26)23-7-6-19(28)11-21(23)29/h2-7,11,15-18H,8-10,12-14H2,1H3,(H,31,33). The molecule has 1 atom stereocenters. The van der Waals surface area contributed by atoms with Crippen LogP contribution in [0, 0.1) is 29.4 Å². The molecule has 0 spiro atoms. The maximum absolute atomic E-state index is 14.8. The molecular weight excluding hydrogens is 468 g/mol. The third-order valence-electron chi connectivity index (χ3n) is 7.97. The SMILES string of the molecule is CC(Sc1nc2ccccc2c(=O)n1-c1ccc(F)cc1F)C(=O)NC12CC3CC(CC(C3)C1)C2. The maximum Gasteiger partial charge on any atom is 0.266 e. The smallest absolute Gasteiger partial charge is 0.266 e. The lowest BCUT2D eigenvalue weighted by atomic mass is 9.53. The lowest BCUT2D eigenvalue weighted by molar-refractivity contribution is -0.126. The molecule has 1 N–H and O–H groups in total. The summed E-state index contributed by atoms with van der Waals surface area (Å²) in [7, 11) is 0. The first kappa shape index (κ1) is 22.7. The minimum atomic E-state index is -0.864. The molecule has 3 aromatic rings. The topological polar surface area (TPSA) is 64.0 Å². The van der Waals surface area contributed by atoms with E-state index in [1.165, 1.54) is 25.3 Å². The van der Waals surface area contributed by atoms with E-state index in [0.29, 0.717) is 28.7 Å². The summed E-state index contributed by atoms with van der Waals surface area (Å²) in [6.45, 7) is 1.78. The molecule has 5 nitrogen and oxygen atoms in total. The number of hydrogen-bond donors (Lipinski definition) is 1. The summed E-state index contributed by atoms with van der Waals surface area (Å²) in [6, 6.07) is 9.91. The van der Waals surface area contributed by atoms with E-state index >= 15 is 0 Å². The quantitative estimate of drug-likeness (QED) is 0.389. The van der Waals surface area contributed by atoms with Gasteiger partial charge in [0.25, 0.3) is 5.56 Å². The number of nitrogens with one attached hydrogen (secondary N) is 1. The summed E-state index contributed by atoms with van der Waals surface area (Å²) in [4.78, 5) is 31.4. The summed E-state index contributed by atoms with van der Waals surface area (Å²) in [5.74, 6) is 0.433. The van der Waals surface area contributed by atoms with Crippen molar-refractivity contribution in [3.63, 3.8) is 0 Å². The Morgan fingerprint density at radius 3 is 2.40 bits per heavy atom. The largest absolute Gasteiger partial charge is 0.350 e. The number of hydrogen-bond acceptors (Lipinski definition) is 4. The molecule has 4 aliphatic rings. The van der Waals surface area contributed by atoms with Crippen LogP contribution in [0.4, 0.5) is 8.78 Å². The first-order chi connectivity index (χ1) is 16.8. The molecule has 4 bridgehead atoms. The van der Waals surface area contributed by atoms with Gasteiger partial charge in [0.15, 0.2) is 5.16 Å². The van der Waals surface area contributed by atoms with E-state index in [9.17, 15) is 18.4 Å². The molecule has 35 heavy (non-hydrogen) atoms. The van der Waals surface area contributed by atoms with Gasteiger partial charge in [-0.1, -0.05) is 23.9 Å². The van der Waals surface area contributed by atoms with Crippen LogP contribution < -0.4 is 10.9 Å². The van der Waals surface area contributed by atoms with E-state index in [2.05, 4.69) is 10.3 Å². The van der Waals surface area contributed by atoms with E-state index in [1.807, 2.05) is 0 Å². The average molecular weight is 496 g/mol. The summed E-state index contributed by atoms with van der Waals surface area (Å²) in [6.07, 6.45) is 6.99. The van der Waals surface area contributed by atoms with E-state index < -0.39 is 22.4 Å². The van der Waals surface area contributed by atoms with Crippen molar-refractivity contribution >= 4 is 28.6 Å². The Morgan fingerprint density at radius 2 is 1.74 bits per heavy atom. The van der Waals surface area contributed by atoms with Gasteiger partial charge in [-0.2, -0.15) is 0 Å². The van der Waals surface area contributed by atoms with Gasteiger partial charge < -0.3 is 5.32 Å². The highest BCUT2D eigenvalue weighted by Gasteiger charge is 2.51. The number of fused-ring (bicyclic) bond motifs is 1. The molecule has 2 aromatic carbocycles. The number of carbonyl (C=O) groups is 1. The Bertz CT molecular complexity index is 1350. The van der Waals surface area contributed by atoms with Gasteiger partial charge >= 0.3 is 0 Å². The third-order valence-corrected chi connectivity index (χ3v) is 9.03. The van der Waals surface area contributed by atoms with Gasteiger partial charge in [0.1, 0.15) is 11.6 Å². The van der Waals surface area contributed by atoms with Crippen LogP contribution in [0.2, 0.25) is 0 Å². The normalized spacial score (nSPS) is 27.8. The molecule has 182 valence electrons. The molecule has 4 aliphatic carbocycles. The van der Waals surface area contributed by atoms with Crippen LogP contribution >= 0.6 is 11.8 Å². The number of para-hydroxylation sites is 1. The van der Waals surface area contributed by atoms with Crippen molar-refractivity contribution in [3.05, 3.63) is 64.5 Å². The van der Waals surface area contributed by atoms with Gasteiger partial charge in [-0.05, 0) is 87.5 Å². The third kappa shape index (κ3) is 4.05. The molecule has 1 amide bonds. The van der Waals surface area contributed by atoms with Crippen molar-refractivity contribution in [1.82, 2.24) is 14.9 Å². The highest BCUT2D eigenvalue weighted by molar-refractivity contribution is 8.00. The van der Waals surface area contributed by atoms with E-state index in [0.717, 1.165) is 47.7 Å². The average Bonchev–Trinajstić information content (AvgIpc) is 2.79. The maximum atomic E-state index is 14.8. The molecular formula is C27H27F2N3O2S.